The average Bonchev–Trinajstić information content (AvgIpc) is 3.02. The van der Waals surface area contributed by atoms with Crippen LogP contribution < -0.4 is 5.32 Å². The van der Waals surface area contributed by atoms with Crippen LogP contribution in [0.4, 0.5) is 0 Å². The van der Waals surface area contributed by atoms with Crippen LogP contribution in [0.3, 0.4) is 0 Å². The molecule has 0 unspecified atom stereocenters. The summed E-state index contributed by atoms with van der Waals surface area (Å²) in [5.74, 6) is 3.20. The molecular weight excluding hydrogens is 344 g/mol. The molecule has 4 fully saturated rings. The Labute approximate surface area is 158 Å². The van der Waals surface area contributed by atoms with Crippen LogP contribution in [0.15, 0.2) is 33.9 Å². The molecule has 2 aromatic rings. The maximum absolute atomic E-state index is 12.5. The van der Waals surface area contributed by atoms with E-state index in [1.807, 2.05) is 24.3 Å². The summed E-state index contributed by atoms with van der Waals surface area (Å²) in [6.45, 7) is 2.23. The predicted octanol–water partition coefficient (Wildman–Crippen LogP) is 4.64. The summed E-state index contributed by atoms with van der Waals surface area (Å²) in [6.07, 6.45) is 8.27. The van der Waals surface area contributed by atoms with Gasteiger partial charge in [0.2, 0.25) is 5.91 Å². The second kappa shape index (κ2) is 6.29. The summed E-state index contributed by atoms with van der Waals surface area (Å²) in [7, 11) is 0. The SMILES string of the molecule is C[C@@H](NC(=O)CSc1nc2ccccc2o1)C12CC3CC(CC(C3)C1)C2. The van der Waals surface area contributed by atoms with Gasteiger partial charge in [-0.05, 0) is 80.8 Å². The first-order valence-corrected chi connectivity index (χ1v) is 10.9. The number of carbonyl (C=O) groups is 1. The molecule has 4 aliphatic rings. The second-order valence-corrected chi connectivity index (χ2v) is 9.73. The molecule has 5 heteroatoms. The van der Waals surface area contributed by atoms with E-state index in [-0.39, 0.29) is 11.9 Å². The Balaban J connectivity index is 1.20. The quantitative estimate of drug-likeness (QED) is 0.779. The molecule has 1 heterocycles. The number of carbonyl (C=O) groups excluding carboxylic acids is 1. The molecule has 4 nitrogen and oxygen atoms in total. The number of thioether (sulfide) groups is 1. The number of hydrogen-bond donors (Lipinski definition) is 1. The number of aromatic nitrogens is 1. The van der Waals surface area contributed by atoms with Crippen molar-refractivity contribution >= 4 is 28.8 Å². The number of nitrogens with one attached hydrogen (secondary N) is 1. The monoisotopic (exact) mass is 370 g/mol. The normalized spacial score (nSPS) is 33.5. The number of hydrogen-bond acceptors (Lipinski definition) is 4. The van der Waals surface area contributed by atoms with Crippen molar-refractivity contribution in [2.45, 2.75) is 56.7 Å². The van der Waals surface area contributed by atoms with E-state index in [4.69, 9.17) is 4.42 Å². The first-order valence-electron chi connectivity index (χ1n) is 9.87. The third-order valence-electron chi connectivity index (χ3n) is 6.98. The highest BCUT2D eigenvalue weighted by Crippen LogP contribution is 2.61. The molecule has 1 aromatic heterocycles. The van der Waals surface area contributed by atoms with Crippen LogP contribution >= 0.6 is 11.8 Å². The van der Waals surface area contributed by atoms with Crippen molar-refractivity contribution in [2.75, 3.05) is 5.75 Å². The van der Waals surface area contributed by atoms with Gasteiger partial charge >= 0.3 is 0 Å². The summed E-state index contributed by atoms with van der Waals surface area (Å²) in [5, 5.41) is 3.88. The largest absolute Gasteiger partial charge is 0.431 e. The lowest BCUT2D eigenvalue weighted by Gasteiger charge is -2.59. The Bertz CT molecular complexity index is 762. The topological polar surface area (TPSA) is 55.1 Å². The molecule has 1 aromatic carbocycles. The number of amides is 1. The third kappa shape index (κ3) is 2.94. The highest BCUT2D eigenvalue weighted by molar-refractivity contribution is 7.99. The standard InChI is InChI=1S/C21H26N2O2S/c1-13(21-9-14-6-15(10-21)8-16(7-14)11-21)22-19(24)12-26-20-23-17-4-2-3-5-18(17)25-20/h2-5,13-16H,6-12H2,1H3,(H,22,24)/t13-,14?,15?,16?,21?/m1/s1. The fourth-order valence-electron chi connectivity index (χ4n) is 6.18. The summed E-state index contributed by atoms with van der Waals surface area (Å²) < 4.78 is 5.70. The van der Waals surface area contributed by atoms with Crippen molar-refractivity contribution in [2.24, 2.45) is 23.2 Å². The Hall–Kier alpha value is -1.49. The number of rotatable bonds is 5. The van der Waals surface area contributed by atoms with Crippen molar-refractivity contribution in [3.05, 3.63) is 24.3 Å². The molecule has 0 spiro atoms. The minimum atomic E-state index is 0.0977. The molecule has 0 saturated heterocycles. The van der Waals surface area contributed by atoms with E-state index < -0.39 is 0 Å². The van der Waals surface area contributed by atoms with Gasteiger partial charge in [-0.1, -0.05) is 23.9 Å². The van der Waals surface area contributed by atoms with Gasteiger partial charge in [-0.15, -0.1) is 0 Å². The first-order chi connectivity index (χ1) is 12.6. The second-order valence-electron chi connectivity index (χ2n) is 8.81. The molecule has 6 rings (SSSR count). The molecule has 138 valence electrons. The number of para-hydroxylation sites is 2. The number of benzene rings is 1. The Morgan fingerprint density at radius 1 is 1.23 bits per heavy atom. The summed E-state index contributed by atoms with van der Waals surface area (Å²) in [5.41, 5.74) is 1.97. The van der Waals surface area contributed by atoms with Crippen molar-refractivity contribution in [1.29, 1.82) is 0 Å². The maximum atomic E-state index is 12.5. The summed E-state index contributed by atoms with van der Waals surface area (Å²) in [4.78, 5) is 17.0. The molecule has 4 aliphatic carbocycles. The first kappa shape index (κ1) is 16.7. The zero-order chi connectivity index (χ0) is 17.7. The molecule has 1 amide bonds. The maximum Gasteiger partial charge on any atom is 0.257 e. The molecule has 1 N–H and O–H groups in total. The van der Waals surface area contributed by atoms with E-state index in [1.165, 1.54) is 50.3 Å². The van der Waals surface area contributed by atoms with Gasteiger partial charge in [0.1, 0.15) is 5.52 Å². The lowest BCUT2D eigenvalue weighted by molar-refractivity contribution is -0.123. The molecule has 1 atom stereocenters. The molecule has 0 radical (unpaired) electrons. The zero-order valence-electron chi connectivity index (χ0n) is 15.2. The van der Waals surface area contributed by atoms with Gasteiger partial charge in [0.15, 0.2) is 5.58 Å². The smallest absolute Gasteiger partial charge is 0.257 e. The van der Waals surface area contributed by atoms with Gasteiger partial charge in [-0.25, -0.2) is 4.98 Å². The lowest BCUT2D eigenvalue weighted by atomic mass is 9.48. The average molecular weight is 371 g/mol. The fourth-order valence-corrected chi connectivity index (χ4v) is 6.83. The van der Waals surface area contributed by atoms with Crippen molar-refractivity contribution in [1.82, 2.24) is 10.3 Å². The van der Waals surface area contributed by atoms with E-state index >= 15 is 0 Å². The van der Waals surface area contributed by atoms with Crippen LogP contribution in [0.2, 0.25) is 0 Å². The van der Waals surface area contributed by atoms with E-state index in [1.54, 1.807) is 0 Å². The molecule has 26 heavy (non-hydrogen) atoms. The minimum Gasteiger partial charge on any atom is -0.431 e. The van der Waals surface area contributed by atoms with Gasteiger partial charge in [-0.2, -0.15) is 0 Å². The zero-order valence-corrected chi connectivity index (χ0v) is 16.1. The molecule has 4 bridgehead atoms. The van der Waals surface area contributed by atoms with Gasteiger partial charge in [0, 0.05) is 6.04 Å². The van der Waals surface area contributed by atoms with E-state index in [9.17, 15) is 4.79 Å². The highest BCUT2D eigenvalue weighted by atomic mass is 32.2. The third-order valence-corrected chi connectivity index (χ3v) is 7.81. The molecule has 4 saturated carbocycles. The predicted molar refractivity (Wildman–Crippen MR) is 103 cm³/mol. The van der Waals surface area contributed by atoms with Gasteiger partial charge in [-0.3, -0.25) is 4.79 Å². The van der Waals surface area contributed by atoms with Gasteiger partial charge in [0.25, 0.3) is 5.22 Å². The van der Waals surface area contributed by atoms with Gasteiger partial charge < -0.3 is 9.73 Å². The highest BCUT2D eigenvalue weighted by Gasteiger charge is 2.53. The molecular formula is C21H26N2O2S. The fraction of sp³-hybridized carbons (Fsp3) is 0.619. The Morgan fingerprint density at radius 3 is 2.54 bits per heavy atom. The van der Waals surface area contributed by atoms with Crippen molar-refractivity contribution in [3.63, 3.8) is 0 Å². The van der Waals surface area contributed by atoms with Crippen LogP contribution in [0.1, 0.15) is 45.4 Å². The Kier molecular flexibility index (Phi) is 4.03. The van der Waals surface area contributed by atoms with Gasteiger partial charge in [0.05, 0.1) is 5.75 Å². The number of nitrogens with zero attached hydrogens (tertiary/aromatic N) is 1. The molecule has 0 aliphatic heterocycles. The van der Waals surface area contributed by atoms with Crippen LogP contribution in [-0.2, 0) is 4.79 Å². The van der Waals surface area contributed by atoms with Crippen molar-refractivity contribution < 1.29 is 9.21 Å². The Morgan fingerprint density at radius 2 is 1.88 bits per heavy atom. The van der Waals surface area contributed by atoms with Crippen LogP contribution in [0.25, 0.3) is 11.1 Å². The summed E-state index contributed by atoms with van der Waals surface area (Å²) >= 11 is 1.38. The van der Waals surface area contributed by atoms with Crippen LogP contribution in [0, 0.1) is 23.2 Å². The minimum absolute atomic E-state index is 0.0977. The van der Waals surface area contributed by atoms with Crippen molar-refractivity contribution in [3.8, 4) is 0 Å². The number of fused-ring (bicyclic) bond motifs is 1. The van der Waals surface area contributed by atoms with Crippen LogP contribution in [0.5, 0.6) is 0 Å². The van der Waals surface area contributed by atoms with Crippen LogP contribution in [-0.4, -0.2) is 22.7 Å². The summed E-state index contributed by atoms with van der Waals surface area (Å²) in [6, 6.07) is 7.98. The van der Waals surface area contributed by atoms with E-state index in [0.29, 0.717) is 16.4 Å². The lowest BCUT2D eigenvalue weighted by Crippen LogP contribution is -2.56. The number of oxazole rings is 1. The van der Waals surface area contributed by atoms with E-state index in [0.717, 1.165) is 28.9 Å². The van der Waals surface area contributed by atoms with E-state index in [2.05, 4.69) is 17.2 Å².